The van der Waals surface area contributed by atoms with Gasteiger partial charge in [-0.25, -0.2) is 0 Å². The van der Waals surface area contributed by atoms with Crippen LogP contribution in [0.15, 0.2) is 72.8 Å². The van der Waals surface area contributed by atoms with Crippen LogP contribution in [-0.4, -0.2) is 42.5 Å². The van der Waals surface area contributed by atoms with Gasteiger partial charge >= 0.3 is 0 Å². The van der Waals surface area contributed by atoms with Crippen LogP contribution in [0.1, 0.15) is 24.0 Å². The molecule has 2 amide bonds. The van der Waals surface area contributed by atoms with E-state index < -0.39 is 6.10 Å². The summed E-state index contributed by atoms with van der Waals surface area (Å²) in [4.78, 5) is 30.9. The number of likely N-dealkylation sites (tertiary alicyclic amines) is 1. The number of anilines is 1. The number of fused-ring (bicyclic) bond motifs is 1. The number of nitrogens with one attached hydrogen (secondary N) is 1. The molecule has 0 radical (unpaired) electrons. The average molecular weight is 538 g/mol. The first kappa shape index (κ1) is 25.6. The van der Waals surface area contributed by atoms with Crippen molar-refractivity contribution in [2.45, 2.75) is 32.0 Å². The summed E-state index contributed by atoms with van der Waals surface area (Å²) >= 11 is 12.4. The number of halogens is 2. The van der Waals surface area contributed by atoms with Crippen LogP contribution in [0.4, 0.5) is 5.69 Å². The molecule has 0 aliphatic carbocycles. The second kappa shape index (κ2) is 11.5. The van der Waals surface area contributed by atoms with E-state index >= 15 is 0 Å². The molecule has 3 aromatic carbocycles. The van der Waals surface area contributed by atoms with Crippen molar-refractivity contribution in [2.75, 3.05) is 24.5 Å². The Kier molecular flexibility index (Phi) is 7.99. The Labute approximate surface area is 227 Å². The molecular weight excluding hydrogens is 509 g/mol. The van der Waals surface area contributed by atoms with E-state index in [1.165, 1.54) is 0 Å². The number of benzene rings is 3. The topological polar surface area (TPSA) is 61.9 Å². The third-order valence-electron chi connectivity index (χ3n) is 6.91. The molecule has 0 spiro atoms. The lowest BCUT2D eigenvalue weighted by atomic mass is 9.95. The lowest BCUT2D eigenvalue weighted by molar-refractivity contribution is -0.129. The summed E-state index contributed by atoms with van der Waals surface area (Å²) in [5, 5.41) is 4.19. The van der Waals surface area contributed by atoms with E-state index in [0.29, 0.717) is 41.1 Å². The lowest BCUT2D eigenvalue weighted by Crippen LogP contribution is -2.53. The van der Waals surface area contributed by atoms with Gasteiger partial charge in [-0.2, -0.15) is 0 Å². The van der Waals surface area contributed by atoms with Crippen LogP contribution >= 0.6 is 23.2 Å². The maximum absolute atomic E-state index is 13.8. The number of ether oxygens (including phenoxy) is 1. The van der Waals surface area contributed by atoms with Crippen LogP contribution in [0.3, 0.4) is 0 Å². The van der Waals surface area contributed by atoms with E-state index in [4.69, 9.17) is 27.9 Å². The van der Waals surface area contributed by atoms with Crippen LogP contribution in [0.25, 0.3) is 0 Å². The molecule has 8 heteroatoms. The number of rotatable bonds is 6. The molecule has 3 aromatic rings. The zero-order valence-electron chi connectivity index (χ0n) is 20.4. The molecule has 0 unspecified atom stereocenters. The first-order chi connectivity index (χ1) is 18.0. The Morgan fingerprint density at radius 3 is 2.57 bits per heavy atom. The fourth-order valence-corrected chi connectivity index (χ4v) is 5.46. The van der Waals surface area contributed by atoms with Gasteiger partial charge in [-0.05, 0) is 54.8 Å². The highest BCUT2D eigenvalue weighted by molar-refractivity contribution is 6.35. The van der Waals surface area contributed by atoms with Crippen molar-refractivity contribution in [3.8, 4) is 5.75 Å². The number of para-hydroxylation sites is 2. The Morgan fingerprint density at radius 2 is 1.76 bits per heavy atom. The highest BCUT2D eigenvalue weighted by Gasteiger charge is 2.37. The van der Waals surface area contributed by atoms with Gasteiger partial charge in [-0.3, -0.25) is 14.5 Å². The van der Waals surface area contributed by atoms with Crippen molar-refractivity contribution in [3.63, 3.8) is 0 Å². The predicted octanol–water partition coefficient (Wildman–Crippen LogP) is 5.32. The summed E-state index contributed by atoms with van der Waals surface area (Å²) in [6.45, 7) is 2.76. The molecule has 37 heavy (non-hydrogen) atoms. The zero-order chi connectivity index (χ0) is 25.8. The fraction of sp³-hybridized carbons (Fsp3) is 0.310. The minimum atomic E-state index is -0.782. The molecule has 0 bridgehead atoms. The number of piperidine rings is 1. The fourth-order valence-electron chi connectivity index (χ4n) is 4.99. The molecule has 2 aliphatic rings. The Bertz CT molecular complexity index is 1270. The highest BCUT2D eigenvalue weighted by atomic mass is 35.5. The predicted molar refractivity (Wildman–Crippen MR) is 146 cm³/mol. The third kappa shape index (κ3) is 6.09. The van der Waals surface area contributed by atoms with Gasteiger partial charge in [-0.1, -0.05) is 71.7 Å². The number of amides is 2. The van der Waals surface area contributed by atoms with Crippen LogP contribution in [0.2, 0.25) is 10.0 Å². The molecule has 2 aliphatic heterocycles. The maximum Gasteiger partial charge on any atom is 0.263 e. The Hall–Kier alpha value is -3.06. The zero-order valence-corrected chi connectivity index (χ0v) is 21.9. The van der Waals surface area contributed by atoms with Gasteiger partial charge in [0, 0.05) is 29.7 Å². The van der Waals surface area contributed by atoms with Crippen LogP contribution < -0.4 is 15.0 Å². The van der Waals surface area contributed by atoms with Gasteiger partial charge in [0.25, 0.3) is 5.91 Å². The molecule has 0 aromatic heterocycles. The Morgan fingerprint density at radius 1 is 0.973 bits per heavy atom. The second-order valence-electron chi connectivity index (χ2n) is 9.54. The van der Waals surface area contributed by atoms with Crippen LogP contribution in [-0.2, 0) is 22.7 Å². The van der Waals surface area contributed by atoms with Gasteiger partial charge in [-0.15, -0.1) is 0 Å². The van der Waals surface area contributed by atoms with E-state index in [9.17, 15) is 9.59 Å². The molecule has 5 rings (SSSR count). The first-order valence-electron chi connectivity index (χ1n) is 12.5. The molecule has 1 fully saturated rings. The van der Waals surface area contributed by atoms with Crippen molar-refractivity contribution < 1.29 is 14.3 Å². The third-order valence-corrected chi connectivity index (χ3v) is 7.49. The quantitative estimate of drug-likeness (QED) is 0.462. The van der Waals surface area contributed by atoms with E-state index in [1.807, 2.05) is 66.7 Å². The summed E-state index contributed by atoms with van der Waals surface area (Å²) in [7, 11) is 0. The van der Waals surface area contributed by atoms with Crippen molar-refractivity contribution in [2.24, 2.45) is 5.92 Å². The van der Waals surface area contributed by atoms with Crippen molar-refractivity contribution in [1.82, 2.24) is 10.2 Å². The largest absolute Gasteiger partial charge is 0.477 e. The molecule has 6 nitrogen and oxygen atoms in total. The maximum atomic E-state index is 13.8. The molecule has 1 N–H and O–H groups in total. The van der Waals surface area contributed by atoms with Crippen molar-refractivity contribution in [3.05, 3.63) is 94.0 Å². The normalized spacial score (nSPS) is 19.6. The monoisotopic (exact) mass is 537 g/mol. The summed E-state index contributed by atoms with van der Waals surface area (Å²) in [6.07, 6.45) is 0.929. The van der Waals surface area contributed by atoms with E-state index in [2.05, 4.69) is 10.2 Å². The standard InChI is InChI=1S/C29H29Cl2N3O3/c30-23-13-12-21(24(31)15-23)17-33-14-6-9-22(18-33)29(36)34-19-27(37-26-11-5-4-10-25(26)34)28(35)32-16-20-7-2-1-3-8-20/h1-5,7-8,10-13,15,22,27H,6,9,14,16-19H2,(H,32,35)/t22-,27-/m0/s1. The van der Waals surface area contributed by atoms with E-state index in [1.54, 1.807) is 11.0 Å². The minimum absolute atomic E-state index is 0.0171. The van der Waals surface area contributed by atoms with Gasteiger partial charge in [0.15, 0.2) is 6.10 Å². The SMILES string of the molecule is O=C(NCc1ccccc1)[C@@H]1CN(C(=O)[C@H]2CCCN(Cc3ccc(Cl)cc3Cl)C2)c2ccccc2O1. The minimum Gasteiger partial charge on any atom is -0.477 e. The molecule has 2 atom stereocenters. The van der Waals surface area contributed by atoms with Crippen LogP contribution in [0, 0.1) is 5.92 Å². The number of hydrogen-bond donors (Lipinski definition) is 1. The Balaban J connectivity index is 1.28. The number of carbonyl (C=O) groups excluding carboxylic acids is 2. The van der Waals surface area contributed by atoms with Gasteiger partial charge in [0.05, 0.1) is 18.2 Å². The van der Waals surface area contributed by atoms with Crippen molar-refractivity contribution >= 4 is 40.7 Å². The molecule has 192 valence electrons. The molecule has 2 heterocycles. The van der Waals surface area contributed by atoms with Gasteiger partial charge < -0.3 is 15.0 Å². The number of carbonyl (C=O) groups is 2. The summed E-state index contributed by atoms with van der Waals surface area (Å²) in [6, 6.07) is 22.7. The smallest absolute Gasteiger partial charge is 0.263 e. The molecule has 0 saturated carbocycles. The van der Waals surface area contributed by atoms with E-state index in [-0.39, 0.29) is 24.3 Å². The number of nitrogens with zero attached hydrogens (tertiary/aromatic N) is 2. The summed E-state index contributed by atoms with van der Waals surface area (Å²) in [5.74, 6) is 0.143. The number of hydrogen-bond acceptors (Lipinski definition) is 4. The molecule has 1 saturated heterocycles. The first-order valence-corrected chi connectivity index (χ1v) is 13.3. The summed E-state index contributed by atoms with van der Waals surface area (Å²) < 4.78 is 6.03. The van der Waals surface area contributed by atoms with Gasteiger partial charge in [0.2, 0.25) is 5.91 Å². The van der Waals surface area contributed by atoms with Gasteiger partial charge in [0.1, 0.15) is 5.75 Å². The lowest BCUT2D eigenvalue weighted by Gasteiger charge is -2.38. The second-order valence-corrected chi connectivity index (χ2v) is 10.4. The van der Waals surface area contributed by atoms with Crippen molar-refractivity contribution in [1.29, 1.82) is 0 Å². The average Bonchev–Trinajstić information content (AvgIpc) is 2.93. The highest BCUT2D eigenvalue weighted by Crippen LogP contribution is 2.35. The molecular formula is C29H29Cl2N3O3. The van der Waals surface area contributed by atoms with E-state index in [0.717, 1.165) is 30.5 Å². The summed E-state index contributed by atoms with van der Waals surface area (Å²) in [5.41, 5.74) is 2.70. The van der Waals surface area contributed by atoms with Crippen LogP contribution in [0.5, 0.6) is 5.75 Å².